The highest BCUT2D eigenvalue weighted by atomic mass is 31.2. The Hall–Kier alpha value is -1.47. The fraction of sp³-hybridized carbons (Fsp3) is 0.852. The lowest BCUT2D eigenvalue weighted by atomic mass is 10.0. The van der Waals surface area contributed by atoms with Crippen molar-refractivity contribution < 1.29 is 42.6 Å². The molecule has 6 N–H and O–H groups in total. The van der Waals surface area contributed by atoms with E-state index in [2.05, 4.69) is 16.4 Å². The molecule has 240 valence electrons. The van der Waals surface area contributed by atoms with E-state index in [0.29, 0.717) is 4.57 Å². The zero-order chi connectivity index (χ0) is 30.7. The zero-order valence-electron chi connectivity index (χ0n) is 24.2. The average molecular weight is 614 g/mol. The monoisotopic (exact) mass is 613 g/mol. The number of anilines is 1. The molecule has 0 amide bonds. The molecule has 3 atom stereocenters. The fourth-order valence-electron chi connectivity index (χ4n) is 4.56. The van der Waals surface area contributed by atoms with Crippen LogP contribution in [-0.2, 0) is 13.8 Å². The highest BCUT2D eigenvalue weighted by Gasteiger charge is 2.59. The Labute approximate surface area is 241 Å². The number of phosphoric ester groups is 1. The second-order valence-electron chi connectivity index (χ2n) is 10.5. The van der Waals surface area contributed by atoms with Crippen LogP contribution in [0.2, 0.25) is 0 Å². The summed E-state index contributed by atoms with van der Waals surface area (Å²) < 4.78 is 47.6. The summed E-state index contributed by atoms with van der Waals surface area (Å²) in [6.07, 6.45) is 16.0. The van der Waals surface area contributed by atoms with Crippen LogP contribution < -0.4 is 11.4 Å². The normalized spacial score (nSPS) is 20.1. The molecule has 1 aromatic rings. The minimum Gasteiger partial charge on any atom is -0.394 e. The van der Waals surface area contributed by atoms with Gasteiger partial charge in [-0.3, -0.25) is 9.09 Å². The Morgan fingerprint density at radius 1 is 0.976 bits per heavy atom. The molecule has 41 heavy (non-hydrogen) atoms. The summed E-state index contributed by atoms with van der Waals surface area (Å²) in [4.78, 5) is 31.8. The van der Waals surface area contributed by atoms with Gasteiger partial charge in [0, 0.05) is 6.20 Å². The van der Waals surface area contributed by atoms with E-state index in [9.17, 15) is 23.2 Å². The first kappa shape index (κ1) is 37.6. The summed E-state index contributed by atoms with van der Waals surface area (Å²) in [5.74, 6) is -3.83. The molecular weight excluding hydrogens is 563 g/mol. The molecule has 14 heteroatoms. The van der Waals surface area contributed by atoms with Gasteiger partial charge in [0.2, 0.25) is 6.23 Å². The van der Waals surface area contributed by atoms with E-state index < -0.39 is 44.5 Å². The van der Waals surface area contributed by atoms with Crippen molar-refractivity contribution in [2.24, 2.45) is 0 Å². The smallest absolute Gasteiger partial charge is 0.394 e. The van der Waals surface area contributed by atoms with Crippen LogP contribution in [0.25, 0.3) is 0 Å². The van der Waals surface area contributed by atoms with E-state index >= 15 is 0 Å². The summed E-state index contributed by atoms with van der Waals surface area (Å²) in [5.41, 5.74) is 4.21. The van der Waals surface area contributed by atoms with Crippen LogP contribution in [0.1, 0.15) is 116 Å². The molecule has 0 aromatic carbocycles. The molecule has 0 aliphatic carbocycles. The van der Waals surface area contributed by atoms with E-state index in [1.807, 2.05) is 0 Å². The Kier molecular flexibility index (Phi) is 18.7. The van der Waals surface area contributed by atoms with E-state index in [0.717, 1.165) is 31.5 Å². The number of nitrogens with two attached hydrogens (primary N) is 1. The molecule has 0 radical (unpaired) electrons. The number of alkyl halides is 2. The molecule has 2 heterocycles. The highest BCUT2D eigenvalue weighted by molar-refractivity contribution is 7.46. The summed E-state index contributed by atoms with van der Waals surface area (Å²) in [6.45, 7) is 1.65. The van der Waals surface area contributed by atoms with Crippen molar-refractivity contribution in [3.63, 3.8) is 0 Å². The van der Waals surface area contributed by atoms with Gasteiger partial charge in [-0.05, 0) is 12.5 Å². The lowest BCUT2D eigenvalue weighted by Gasteiger charge is -2.20. The van der Waals surface area contributed by atoms with Crippen molar-refractivity contribution in [2.45, 2.75) is 134 Å². The molecule has 0 unspecified atom stereocenters. The van der Waals surface area contributed by atoms with Gasteiger partial charge < -0.3 is 30.5 Å². The van der Waals surface area contributed by atoms with Crippen LogP contribution >= 0.6 is 7.82 Å². The third kappa shape index (κ3) is 15.5. The summed E-state index contributed by atoms with van der Waals surface area (Å²) in [6, 6.07) is 1.15. The minimum absolute atomic E-state index is 0.114. The van der Waals surface area contributed by atoms with Crippen molar-refractivity contribution in [1.29, 1.82) is 0 Å². The molecule has 1 fully saturated rings. The maximum absolute atomic E-state index is 13.7. The van der Waals surface area contributed by atoms with Gasteiger partial charge >= 0.3 is 19.4 Å². The Morgan fingerprint density at radius 3 is 1.83 bits per heavy atom. The first-order valence-electron chi connectivity index (χ1n) is 14.8. The molecule has 1 aliphatic rings. The molecular formula is C27H50F2N3O8P. The first-order chi connectivity index (χ1) is 19.4. The highest BCUT2D eigenvalue weighted by Crippen LogP contribution is 2.42. The predicted octanol–water partition coefficient (Wildman–Crippen LogP) is 5.07. The number of aromatic nitrogens is 2. The summed E-state index contributed by atoms with van der Waals surface area (Å²) >= 11 is 0. The first-order valence-corrected chi connectivity index (χ1v) is 16.3. The largest absolute Gasteiger partial charge is 0.469 e. The number of hydrogen-bond acceptors (Lipinski definition) is 8. The Morgan fingerprint density at radius 2 is 1.44 bits per heavy atom. The maximum Gasteiger partial charge on any atom is 0.469 e. The molecule has 1 aromatic heterocycles. The van der Waals surface area contributed by atoms with Gasteiger partial charge in [0.15, 0.2) is 6.10 Å². The number of phosphoric acid groups is 1. The second-order valence-corrected chi connectivity index (χ2v) is 11.7. The molecule has 0 saturated carbocycles. The van der Waals surface area contributed by atoms with Crippen LogP contribution in [0.5, 0.6) is 0 Å². The number of aliphatic hydroxyl groups is 2. The van der Waals surface area contributed by atoms with Gasteiger partial charge in [0.1, 0.15) is 11.9 Å². The topological polar surface area (TPSA) is 177 Å². The molecule has 0 spiro atoms. The third-order valence-corrected chi connectivity index (χ3v) is 7.44. The van der Waals surface area contributed by atoms with Crippen molar-refractivity contribution in [2.75, 3.05) is 18.9 Å². The molecule has 2 rings (SSSR count). The van der Waals surface area contributed by atoms with Crippen LogP contribution in [0.3, 0.4) is 0 Å². The number of nitrogen functional groups attached to an aromatic ring is 1. The average Bonchev–Trinajstić information content (AvgIpc) is 3.13. The standard InChI is InChI=1S/C18H39O4P.C9H11F2N3O4/c1-2-3-4-5-6-7-8-9-10-11-12-13-14-15-16-17-18-22-23(19,20)21;10-9(11)6(16)4(3-15)18-7(9)14-2-1-5(12)13-8(14)17/h2-18H2,1H3,(H2,19,20,21);1-2,4,6-7,15-16H,3H2,(H2,12,13,17)/t;4-,6-,7-/m.1/s1. The number of rotatable bonds is 20. The van der Waals surface area contributed by atoms with Crippen molar-refractivity contribution in [1.82, 2.24) is 9.55 Å². The van der Waals surface area contributed by atoms with Gasteiger partial charge in [-0.2, -0.15) is 13.8 Å². The number of aliphatic hydroxyl groups excluding tert-OH is 2. The SMILES string of the molecule is CCCCCCCCCCCCCCCCCCOP(=O)(O)O.Nc1ccn([C@@H]2O[C@H](CO)[C@@H](O)C2(F)F)c(=O)n1. The van der Waals surface area contributed by atoms with Gasteiger partial charge in [-0.15, -0.1) is 0 Å². The second kappa shape index (κ2) is 20.4. The van der Waals surface area contributed by atoms with Crippen molar-refractivity contribution in [3.05, 3.63) is 22.7 Å². The number of unbranched alkanes of at least 4 members (excludes halogenated alkanes) is 15. The molecule has 11 nitrogen and oxygen atoms in total. The molecule has 1 aliphatic heterocycles. The molecule has 0 bridgehead atoms. The lowest BCUT2D eigenvalue weighted by Crippen LogP contribution is -2.41. The number of hydrogen-bond donors (Lipinski definition) is 5. The maximum atomic E-state index is 13.7. The van der Waals surface area contributed by atoms with Crippen LogP contribution in [-0.4, -0.2) is 60.9 Å². The van der Waals surface area contributed by atoms with Crippen molar-refractivity contribution >= 4 is 13.6 Å². The zero-order valence-corrected chi connectivity index (χ0v) is 25.1. The van der Waals surface area contributed by atoms with Gasteiger partial charge in [0.05, 0.1) is 13.2 Å². The van der Waals surface area contributed by atoms with Crippen LogP contribution in [0.4, 0.5) is 14.6 Å². The minimum atomic E-state index is -4.26. The number of halogens is 2. The number of ether oxygens (including phenoxy) is 1. The van der Waals surface area contributed by atoms with E-state index in [-0.39, 0.29) is 12.4 Å². The summed E-state index contributed by atoms with van der Waals surface area (Å²) in [7, 11) is -4.26. The Balaban J connectivity index is 0.000000420. The van der Waals surface area contributed by atoms with Gasteiger partial charge in [0.25, 0.3) is 0 Å². The third-order valence-electron chi connectivity index (χ3n) is 6.92. The van der Waals surface area contributed by atoms with E-state index in [4.69, 9.17) is 25.4 Å². The summed E-state index contributed by atoms with van der Waals surface area (Å²) in [5, 5.41) is 18.1. The van der Waals surface area contributed by atoms with Gasteiger partial charge in [-0.1, -0.05) is 103 Å². The number of nitrogens with zero attached hydrogens (tertiary/aromatic N) is 2. The van der Waals surface area contributed by atoms with E-state index in [1.165, 1.54) is 83.5 Å². The van der Waals surface area contributed by atoms with Crippen LogP contribution in [0.15, 0.2) is 17.1 Å². The van der Waals surface area contributed by atoms with Crippen LogP contribution in [0, 0.1) is 0 Å². The Bertz CT molecular complexity index is 934. The van der Waals surface area contributed by atoms with Crippen molar-refractivity contribution in [3.8, 4) is 0 Å². The van der Waals surface area contributed by atoms with E-state index in [1.54, 1.807) is 0 Å². The van der Waals surface area contributed by atoms with Gasteiger partial charge in [-0.25, -0.2) is 9.36 Å². The quantitative estimate of drug-likeness (QED) is 0.0985. The lowest BCUT2D eigenvalue weighted by molar-refractivity contribution is -0.140. The predicted molar refractivity (Wildman–Crippen MR) is 152 cm³/mol. The fourth-order valence-corrected chi connectivity index (χ4v) is 4.92. The molecule has 1 saturated heterocycles.